The molecule has 0 aliphatic carbocycles. The predicted molar refractivity (Wildman–Crippen MR) is 107 cm³/mol. The van der Waals surface area contributed by atoms with E-state index in [0.29, 0.717) is 17.6 Å². The van der Waals surface area contributed by atoms with E-state index in [2.05, 4.69) is 5.32 Å². The van der Waals surface area contributed by atoms with Crippen LogP contribution in [0.5, 0.6) is 0 Å². The molecule has 0 saturated carbocycles. The van der Waals surface area contributed by atoms with Crippen LogP contribution in [-0.4, -0.2) is 11.9 Å². The Labute approximate surface area is 158 Å². The Morgan fingerprint density at radius 3 is 2.33 bits per heavy atom. The molecule has 0 unspecified atom stereocenters. The van der Waals surface area contributed by atoms with Gasteiger partial charge in [0, 0.05) is 34.4 Å². The van der Waals surface area contributed by atoms with E-state index in [1.54, 1.807) is 0 Å². The minimum atomic E-state index is -0.376. The van der Waals surface area contributed by atoms with Crippen LogP contribution in [0, 0.1) is 27.7 Å². The molecule has 1 aromatic carbocycles. The summed E-state index contributed by atoms with van der Waals surface area (Å²) in [5.41, 5.74) is 4.32. The van der Waals surface area contributed by atoms with E-state index in [9.17, 15) is 9.59 Å². The molecule has 2 aromatic heterocycles. The summed E-state index contributed by atoms with van der Waals surface area (Å²) in [4.78, 5) is 24.7. The Balaban J connectivity index is 2.05. The molecule has 0 bridgehead atoms. The largest absolute Gasteiger partial charge is 0.461 e. The molecule has 27 heavy (non-hydrogen) atoms. The molecule has 1 amide bonds. The van der Waals surface area contributed by atoms with Crippen molar-refractivity contribution in [3.8, 4) is 0 Å². The van der Waals surface area contributed by atoms with E-state index in [4.69, 9.17) is 8.83 Å². The minimum Gasteiger partial charge on any atom is -0.461 e. The van der Waals surface area contributed by atoms with E-state index in [-0.39, 0.29) is 24.0 Å². The second-order valence-electron chi connectivity index (χ2n) is 7.41. The number of hydrogen-bond acceptors (Lipinski definition) is 4. The first-order valence-corrected chi connectivity index (χ1v) is 9.49. The molecule has 0 fully saturated rings. The van der Waals surface area contributed by atoms with Gasteiger partial charge in [0.05, 0.1) is 0 Å². The lowest BCUT2D eigenvalue weighted by molar-refractivity contribution is -0.121. The van der Waals surface area contributed by atoms with Crippen LogP contribution in [0.3, 0.4) is 0 Å². The van der Waals surface area contributed by atoms with Gasteiger partial charge in [-0.25, -0.2) is 4.79 Å². The van der Waals surface area contributed by atoms with Crippen LogP contribution in [0.2, 0.25) is 0 Å². The lowest BCUT2D eigenvalue weighted by Crippen LogP contribution is -2.32. The average molecular weight is 369 g/mol. The maximum Gasteiger partial charge on any atom is 0.339 e. The molecule has 1 N–H and O–H groups in total. The number of amides is 1. The molecule has 1 atom stereocenters. The molecule has 0 spiro atoms. The minimum absolute atomic E-state index is 0.0452. The highest BCUT2D eigenvalue weighted by Gasteiger charge is 2.19. The zero-order valence-corrected chi connectivity index (χ0v) is 16.9. The third kappa shape index (κ3) is 3.38. The van der Waals surface area contributed by atoms with Crippen molar-refractivity contribution in [2.45, 2.75) is 66.8 Å². The Kier molecular flexibility index (Phi) is 5.13. The zero-order valence-electron chi connectivity index (χ0n) is 16.9. The Morgan fingerprint density at radius 2 is 1.67 bits per heavy atom. The van der Waals surface area contributed by atoms with Gasteiger partial charge in [-0.15, -0.1) is 0 Å². The highest BCUT2D eigenvalue weighted by Crippen LogP contribution is 2.34. The number of nitrogens with one attached hydrogen (secondary N) is 1. The fourth-order valence-corrected chi connectivity index (χ4v) is 3.47. The molecule has 2 heterocycles. The number of benzene rings is 1. The summed E-state index contributed by atoms with van der Waals surface area (Å²) in [5, 5.41) is 4.88. The molecular weight excluding hydrogens is 342 g/mol. The lowest BCUT2D eigenvalue weighted by Gasteiger charge is -2.12. The summed E-state index contributed by atoms with van der Waals surface area (Å²) >= 11 is 0. The number of hydrogen-bond donors (Lipinski definition) is 1. The van der Waals surface area contributed by atoms with E-state index in [1.165, 1.54) is 0 Å². The molecular formula is C22H27NO4. The van der Waals surface area contributed by atoms with Crippen molar-refractivity contribution in [2.75, 3.05) is 0 Å². The van der Waals surface area contributed by atoms with Gasteiger partial charge in [0.15, 0.2) is 0 Å². The van der Waals surface area contributed by atoms with E-state index >= 15 is 0 Å². The van der Waals surface area contributed by atoms with Crippen LogP contribution >= 0.6 is 0 Å². The highest BCUT2D eigenvalue weighted by molar-refractivity contribution is 6.00. The number of rotatable bonds is 5. The van der Waals surface area contributed by atoms with Crippen molar-refractivity contribution in [1.29, 1.82) is 0 Å². The van der Waals surface area contributed by atoms with Crippen LogP contribution in [-0.2, 0) is 11.2 Å². The standard InChI is InChI=1S/C22H27NO4/c1-7-11(2)23-19(24)9-8-16-13(4)18-10-17-12(3)15(6)26-20(17)14(5)21(18)27-22(16)25/h10-11H,7-9H2,1-6H3,(H,23,24)/t11-/m1/s1. The average Bonchev–Trinajstić information content (AvgIpc) is 2.91. The third-order valence-corrected chi connectivity index (χ3v) is 5.57. The Bertz CT molecular complexity index is 1090. The summed E-state index contributed by atoms with van der Waals surface area (Å²) in [5.74, 6) is 0.821. The number of carbonyl (C=O) groups excluding carboxylic acids is 1. The molecule has 3 aromatic rings. The summed E-state index contributed by atoms with van der Waals surface area (Å²) < 4.78 is 11.5. The Morgan fingerprint density at radius 1 is 1.04 bits per heavy atom. The topological polar surface area (TPSA) is 72.5 Å². The first-order chi connectivity index (χ1) is 12.7. The van der Waals surface area contributed by atoms with Crippen LogP contribution in [0.1, 0.15) is 54.7 Å². The molecule has 5 nitrogen and oxygen atoms in total. The van der Waals surface area contributed by atoms with E-state index < -0.39 is 0 Å². The van der Waals surface area contributed by atoms with Crippen LogP contribution in [0.15, 0.2) is 19.7 Å². The molecule has 0 radical (unpaired) electrons. The first kappa shape index (κ1) is 19.2. The number of aryl methyl sites for hydroxylation is 4. The van der Waals surface area contributed by atoms with Gasteiger partial charge >= 0.3 is 5.63 Å². The number of carbonyl (C=O) groups is 1. The van der Waals surface area contributed by atoms with Crippen LogP contribution < -0.4 is 10.9 Å². The SMILES string of the molecule is CC[C@@H](C)NC(=O)CCc1c(C)c2cc3c(C)c(C)oc3c(C)c2oc1=O. The van der Waals surface area contributed by atoms with Crippen LogP contribution in [0.25, 0.3) is 21.9 Å². The fraction of sp³-hybridized carbons (Fsp3) is 0.455. The summed E-state index contributed by atoms with van der Waals surface area (Å²) in [7, 11) is 0. The van der Waals surface area contributed by atoms with Gasteiger partial charge in [-0.1, -0.05) is 6.92 Å². The van der Waals surface area contributed by atoms with Gasteiger partial charge in [-0.3, -0.25) is 4.79 Å². The van der Waals surface area contributed by atoms with Gasteiger partial charge in [0.1, 0.15) is 16.9 Å². The normalized spacial score (nSPS) is 12.7. The smallest absolute Gasteiger partial charge is 0.339 e. The van der Waals surface area contributed by atoms with Gasteiger partial charge in [0.2, 0.25) is 5.91 Å². The molecule has 5 heteroatoms. The highest BCUT2D eigenvalue weighted by atomic mass is 16.4. The van der Waals surface area contributed by atoms with Crippen molar-refractivity contribution in [1.82, 2.24) is 5.32 Å². The molecule has 3 rings (SSSR count). The van der Waals surface area contributed by atoms with Crippen molar-refractivity contribution in [3.05, 3.63) is 44.5 Å². The van der Waals surface area contributed by atoms with Gasteiger partial charge in [-0.2, -0.15) is 0 Å². The summed E-state index contributed by atoms with van der Waals surface area (Å²) in [6.07, 6.45) is 1.51. The lowest BCUT2D eigenvalue weighted by atomic mass is 9.98. The maximum absolute atomic E-state index is 12.6. The summed E-state index contributed by atoms with van der Waals surface area (Å²) in [6.45, 7) is 11.8. The van der Waals surface area contributed by atoms with Crippen molar-refractivity contribution >= 4 is 27.8 Å². The van der Waals surface area contributed by atoms with Crippen molar-refractivity contribution in [2.24, 2.45) is 0 Å². The van der Waals surface area contributed by atoms with Gasteiger partial charge < -0.3 is 14.2 Å². The Hall–Kier alpha value is -2.56. The summed E-state index contributed by atoms with van der Waals surface area (Å²) in [6, 6.07) is 2.17. The van der Waals surface area contributed by atoms with E-state index in [0.717, 1.165) is 45.2 Å². The molecule has 144 valence electrons. The van der Waals surface area contributed by atoms with Gasteiger partial charge in [0.25, 0.3) is 0 Å². The molecule has 0 aliphatic rings. The third-order valence-electron chi connectivity index (χ3n) is 5.57. The zero-order chi connectivity index (χ0) is 19.9. The molecule has 0 saturated heterocycles. The second-order valence-corrected chi connectivity index (χ2v) is 7.41. The fourth-order valence-electron chi connectivity index (χ4n) is 3.47. The monoisotopic (exact) mass is 369 g/mol. The maximum atomic E-state index is 12.6. The first-order valence-electron chi connectivity index (χ1n) is 9.49. The predicted octanol–water partition coefficient (Wildman–Crippen LogP) is 4.62. The van der Waals surface area contributed by atoms with Crippen molar-refractivity contribution in [3.63, 3.8) is 0 Å². The number of fused-ring (bicyclic) bond motifs is 2. The van der Waals surface area contributed by atoms with Crippen LogP contribution in [0.4, 0.5) is 0 Å². The molecule has 0 aliphatic heterocycles. The second kappa shape index (κ2) is 7.22. The van der Waals surface area contributed by atoms with Gasteiger partial charge in [-0.05, 0) is 64.7 Å². The quantitative estimate of drug-likeness (QED) is 0.666. The number of furan rings is 1. The van der Waals surface area contributed by atoms with Crippen molar-refractivity contribution < 1.29 is 13.6 Å². The van der Waals surface area contributed by atoms with E-state index in [1.807, 2.05) is 47.6 Å².